The maximum absolute atomic E-state index is 12.3. The summed E-state index contributed by atoms with van der Waals surface area (Å²) in [5.41, 5.74) is -0.189. The molecule has 2 heterocycles. The summed E-state index contributed by atoms with van der Waals surface area (Å²) < 4.78 is 5.38. The third kappa shape index (κ3) is 4.22. The van der Waals surface area contributed by atoms with Crippen LogP contribution in [0.1, 0.15) is 61.3 Å². The Bertz CT molecular complexity index is 605. The van der Waals surface area contributed by atoms with Crippen LogP contribution in [0.2, 0.25) is 0 Å². The summed E-state index contributed by atoms with van der Waals surface area (Å²) in [6.45, 7) is 3.73. The maximum Gasteiger partial charge on any atom is 0.287 e. The number of amides is 1. The van der Waals surface area contributed by atoms with Crippen molar-refractivity contribution in [2.24, 2.45) is 0 Å². The number of carbonyl (C=O) groups excluding carboxylic acids is 1. The zero-order valence-electron chi connectivity index (χ0n) is 13.8. The Hall–Kier alpha value is -1.62. The molecule has 2 aliphatic rings. The number of carbonyl (C=O) groups is 1. The lowest BCUT2D eigenvalue weighted by Gasteiger charge is -2.40. The minimum Gasteiger partial charge on any atom is -0.456 e. The first-order valence-corrected chi connectivity index (χ1v) is 8.78. The zero-order chi connectivity index (χ0) is 16.2. The van der Waals surface area contributed by atoms with Gasteiger partial charge in [-0.05, 0) is 39.2 Å². The second-order valence-corrected chi connectivity index (χ2v) is 6.87. The van der Waals surface area contributed by atoms with Crippen LogP contribution in [-0.2, 0) is 0 Å². The van der Waals surface area contributed by atoms with Crippen molar-refractivity contribution in [3.8, 4) is 0 Å². The number of hydrogen-bond donors (Lipinski definition) is 1. The molecule has 1 aliphatic heterocycles. The van der Waals surface area contributed by atoms with Crippen LogP contribution < -0.4 is 10.7 Å². The smallest absolute Gasteiger partial charge is 0.287 e. The van der Waals surface area contributed by atoms with E-state index < -0.39 is 0 Å². The molecule has 2 fully saturated rings. The van der Waals surface area contributed by atoms with Crippen molar-refractivity contribution in [1.29, 1.82) is 0 Å². The van der Waals surface area contributed by atoms with Crippen molar-refractivity contribution in [1.82, 2.24) is 10.2 Å². The molecule has 1 N–H and O–H groups in total. The fourth-order valence-electron chi connectivity index (χ4n) is 3.87. The van der Waals surface area contributed by atoms with Gasteiger partial charge in [-0.15, -0.1) is 0 Å². The van der Waals surface area contributed by atoms with E-state index in [0.29, 0.717) is 11.8 Å². The van der Waals surface area contributed by atoms with E-state index in [9.17, 15) is 9.59 Å². The highest BCUT2D eigenvalue weighted by atomic mass is 16.3. The highest BCUT2D eigenvalue weighted by Gasteiger charge is 2.28. The molecule has 1 saturated heterocycles. The molecular weight excluding hydrogens is 292 g/mol. The van der Waals surface area contributed by atoms with Crippen LogP contribution >= 0.6 is 0 Å². The van der Waals surface area contributed by atoms with Crippen LogP contribution in [-0.4, -0.2) is 36.0 Å². The van der Waals surface area contributed by atoms with Crippen LogP contribution in [0.4, 0.5) is 0 Å². The summed E-state index contributed by atoms with van der Waals surface area (Å²) in [4.78, 5) is 26.4. The van der Waals surface area contributed by atoms with Crippen LogP contribution in [0.25, 0.3) is 0 Å². The average molecular weight is 318 g/mol. The number of piperidine rings is 1. The molecule has 0 radical (unpaired) electrons. The molecular formula is C18H26N2O3. The van der Waals surface area contributed by atoms with E-state index >= 15 is 0 Å². The summed E-state index contributed by atoms with van der Waals surface area (Å²) in [5.74, 6) is 0.307. The molecule has 5 nitrogen and oxygen atoms in total. The van der Waals surface area contributed by atoms with E-state index in [1.807, 2.05) is 0 Å². The minimum absolute atomic E-state index is 0.116. The second-order valence-electron chi connectivity index (χ2n) is 6.87. The van der Waals surface area contributed by atoms with Crippen molar-refractivity contribution < 1.29 is 9.21 Å². The molecule has 1 saturated carbocycles. The highest BCUT2D eigenvalue weighted by molar-refractivity contribution is 5.91. The fraction of sp³-hybridized carbons (Fsp3) is 0.667. The molecule has 0 spiro atoms. The van der Waals surface area contributed by atoms with E-state index in [1.165, 1.54) is 44.2 Å². The van der Waals surface area contributed by atoms with Gasteiger partial charge in [0.1, 0.15) is 5.76 Å². The lowest BCUT2D eigenvalue weighted by molar-refractivity contribution is 0.0809. The Morgan fingerprint density at radius 2 is 1.96 bits per heavy atom. The van der Waals surface area contributed by atoms with E-state index in [-0.39, 0.29) is 23.1 Å². The molecule has 1 aromatic rings. The first kappa shape index (κ1) is 16.2. The molecule has 1 atom stereocenters. The molecule has 126 valence electrons. The SMILES string of the molecule is Cc1cc(=O)cc(C(=O)N[C@H]2CCCN(C3CCCCC3)C2)o1. The predicted octanol–water partition coefficient (Wildman–Crippen LogP) is 2.48. The topological polar surface area (TPSA) is 62.6 Å². The summed E-state index contributed by atoms with van der Waals surface area (Å²) >= 11 is 0. The largest absolute Gasteiger partial charge is 0.456 e. The Balaban J connectivity index is 1.60. The number of hydrogen-bond acceptors (Lipinski definition) is 4. The lowest BCUT2D eigenvalue weighted by Crippen LogP contribution is -2.51. The van der Waals surface area contributed by atoms with Gasteiger partial charge in [-0.1, -0.05) is 19.3 Å². The third-order valence-electron chi connectivity index (χ3n) is 4.99. The van der Waals surface area contributed by atoms with E-state index in [1.54, 1.807) is 6.92 Å². The van der Waals surface area contributed by atoms with Crippen molar-refractivity contribution in [2.45, 2.75) is 64.0 Å². The van der Waals surface area contributed by atoms with E-state index in [4.69, 9.17) is 4.42 Å². The number of nitrogens with one attached hydrogen (secondary N) is 1. The Kier molecular flexibility index (Phi) is 5.16. The summed E-state index contributed by atoms with van der Waals surface area (Å²) in [5, 5.41) is 3.05. The number of likely N-dealkylation sites (tertiary alicyclic amines) is 1. The zero-order valence-corrected chi connectivity index (χ0v) is 13.8. The number of aryl methyl sites for hydroxylation is 1. The summed E-state index contributed by atoms with van der Waals surface area (Å²) in [6.07, 6.45) is 8.68. The molecule has 3 rings (SSSR count). The molecule has 1 aliphatic carbocycles. The van der Waals surface area contributed by atoms with Crippen molar-refractivity contribution in [3.05, 3.63) is 33.9 Å². The Morgan fingerprint density at radius 1 is 1.17 bits per heavy atom. The van der Waals surface area contributed by atoms with Gasteiger partial charge in [0.15, 0.2) is 11.2 Å². The number of nitrogens with zero attached hydrogens (tertiary/aromatic N) is 1. The van der Waals surface area contributed by atoms with E-state index in [0.717, 1.165) is 25.9 Å². The Morgan fingerprint density at radius 3 is 2.70 bits per heavy atom. The average Bonchev–Trinajstić information content (AvgIpc) is 2.55. The summed E-state index contributed by atoms with van der Waals surface area (Å²) in [6, 6.07) is 3.48. The van der Waals surface area contributed by atoms with Gasteiger partial charge in [-0.25, -0.2) is 0 Å². The molecule has 1 aromatic heterocycles. The molecule has 0 bridgehead atoms. The van der Waals surface area contributed by atoms with Gasteiger partial charge in [-0.3, -0.25) is 14.5 Å². The first-order valence-electron chi connectivity index (χ1n) is 8.78. The Labute approximate surface area is 137 Å². The number of rotatable bonds is 3. The molecule has 1 amide bonds. The van der Waals surface area contributed by atoms with Crippen LogP contribution in [0.5, 0.6) is 0 Å². The summed E-state index contributed by atoms with van der Waals surface area (Å²) in [7, 11) is 0. The first-order chi connectivity index (χ1) is 11.1. The van der Waals surface area contributed by atoms with Crippen LogP contribution in [0, 0.1) is 6.92 Å². The molecule has 5 heteroatoms. The predicted molar refractivity (Wildman–Crippen MR) is 88.6 cm³/mol. The van der Waals surface area contributed by atoms with Gasteiger partial charge >= 0.3 is 0 Å². The van der Waals surface area contributed by atoms with Crippen molar-refractivity contribution in [3.63, 3.8) is 0 Å². The molecule has 23 heavy (non-hydrogen) atoms. The quantitative estimate of drug-likeness (QED) is 0.930. The van der Waals surface area contributed by atoms with Gasteiger partial charge in [0.05, 0.1) is 0 Å². The van der Waals surface area contributed by atoms with Crippen LogP contribution in [0.3, 0.4) is 0 Å². The van der Waals surface area contributed by atoms with Gasteiger partial charge < -0.3 is 9.73 Å². The van der Waals surface area contributed by atoms with E-state index in [2.05, 4.69) is 10.2 Å². The maximum atomic E-state index is 12.3. The van der Waals surface area contributed by atoms with Gasteiger partial charge in [0, 0.05) is 30.8 Å². The minimum atomic E-state index is -0.277. The second kappa shape index (κ2) is 7.30. The van der Waals surface area contributed by atoms with Crippen molar-refractivity contribution >= 4 is 5.91 Å². The molecule has 0 aromatic carbocycles. The third-order valence-corrected chi connectivity index (χ3v) is 4.99. The fourth-order valence-corrected chi connectivity index (χ4v) is 3.87. The highest BCUT2D eigenvalue weighted by Crippen LogP contribution is 2.25. The van der Waals surface area contributed by atoms with Crippen LogP contribution in [0.15, 0.2) is 21.3 Å². The standard InChI is InChI=1S/C18H26N2O3/c1-13-10-16(21)11-17(23-13)18(22)19-14-6-5-9-20(12-14)15-7-3-2-4-8-15/h10-11,14-15H,2-9,12H2,1H3,(H,19,22)/t14-/m0/s1. The lowest BCUT2D eigenvalue weighted by atomic mass is 9.92. The van der Waals surface area contributed by atoms with Gasteiger partial charge in [-0.2, -0.15) is 0 Å². The van der Waals surface area contributed by atoms with Gasteiger partial charge in [0.2, 0.25) is 0 Å². The normalized spacial score (nSPS) is 23.6. The molecule has 0 unspecified atom stereocenters. The van der Waals surface area contributed by atoms with Gasteiger partial charge in [0.25, 0.3) is 5.91 Å². The van der Waals surface area contributed by atoms with Crippen molar-refractivity contribution in [2.75, 3.05) is 13.1 Å². The monoisotopic (exact) mass is 318 g/mol.